The number of halogens is 1. The second-order valence-electron chi connectivity index (χ2n) is 3.12. The summed E-state index contributed by atoms with van der Waals surface area (Å²) in [5, 5.41) is 8.92. The lowest BCUT2D eigenvalue weighted by molar-refractivity contribution is 1.21. The van der Waals surface area contributed by atoms with Crippen molar-refractivity contribution in [2.24, 2.45) is 0 Å². The molecule has 16 heavy (non-hydrogen) atoms. The fourth-order valence-electron chi connectivity index (χ4n) is 1.28. The van der Waals surface area contributed by atoms with Crippen molar-refractivity contribution in [2.75, 3.05) is 5.73 Å². The van der Waals surface area contributed by atoms with Crippen molar-refractivity contribution in [1.29, 1.82) is 5.26 Å². The molecule has 2 rings (SSSR count). The second-order valence-corrected chi connectivity index (χ2v) is 3.48. The van der Waals surface area contributed by atoms with E-state index in [9.17, 15) is 0 Å². The molecule has 1 aromatic carbocycles. The monoisotopic (exact) mass is 230 g/mol. The Morgan fingerprint density at radius 1 is 1.25 bits per heavy atom. The Hall–Kier alpha value is -2.12. The number of anilines is 1. The Kier molecular flexibility index (Phi) is 2.71. The van der Waals surface area contributed by atoms with E-state index < -0.39 is 0 Å². The summed E-state index contributed by atoms with van der Waals surface area (Å²) in [6.07, 6.45) is 1.44. The van der Waals surface area contributed by atoms with E-state index in [4.69, 9.17) is 22.6 Å². The molecular formula is C11H7ClN4. The highest BCUT2D eigenvalue weighted by Gasteiger charge is 2.06. The Morgan fingerprint density at radius 3 is 2.50 bits per heavy atom. The molecule has 2 N–H and O–H groups in total. The topological polar surface area (TPSA) is 75.6 Å². The first-order valence-electron chi connectivity index (χ1n) is 4.49. The van der Waals surface area contributed by atoms with Gasteiger partial charge in [-0.25, -0.2) is 9.97 Å². The molecule has 4 nitrogen and oxygen atoms in total. The van der Waals surface area contributed by atoms with Crippen LogP contribution in [-0.2, 0) is 0 Å². The van der Waals surface area contributed by atoms with Crippen molar-refractivity contribution in [3.8, 4) is 17.3 Å². The van der Waals surface area contributed by atoms with Crippen molar-refractivity contribution < 1.29 is 0 Å². The Bertz CT molecular complexity index is 557. The van der Waals surface area contributed by atoms with Crippen LogP contribution in [-0.4, -0.2) is 9.97 Å². The van der Waals surface area contributed by atoms with Crippen molar-refractivity contribution in [3.05, 3.63) is 41.2 Å². The van der Waals surface area contributed by atoms with Crippen molar-refractivity contribution in [2.45, 2.75) is 0 Å². The average molecular weight is 231 g/mol. The maximum absolute atomic E-state index is 8.67. The van der Waals surface area contributed by atoms with Crippen LogP contribution in [0.25, 0.3) is 11.3 Å². The van der Waals surface area contributed by atoms with Crippen LogP contribution >= 0.6 is 11.6 Å². The molecule has 0 saturated heterocycles. The van der Waals surface area contributed by atoms with Gasteiger partial charge in [0, 0.05) is 5.56 Å². The zero-order valence-corrected chi connectivity index (χ0v) is 8.94. The SMILES string of the molecule is N#Cc1ccc(-c2ncc(N)nc2Cl)cc1. The number of hydrogen-bond acceptors (Lipinski definition) is 4. The standard InChI is InChI=1S/C11H7ClN4/c12-11-10(15-6-9(14)16-11)8-3-1-7(5-13)2-4-8/h1-4,6H,(H2,14,16). The molecule has 0 atom stereocenters. The van der Waals surface area contributed by atoms with Gasteiger partial charge in [-0.15, -0.1) is 0 Å². The van der Waals surface area contributed by atoms with Gasteiger partial charge in [0.25, 0.3) is 0 Å². The van der Waals surface area contributed by atoms with E-state index in [1.165, 1.54) is 6.20 Å². The van der Waals surface area contributed by atoms with Crippen molar-refractivity contribution in [1.82, 2.24) is 9.97 Å². The van der Waals surface area contributed by atoms with Gasteiger partial charge >= 0.3 is 0 Å². The summed E-state index contributed by atoms with van der Waals surface area (Å²) in [4.78, 5) is 8.01. The highest BCUT2D eigenvalue weighted by atomic mass is 35.5. The minimum absolute atomic E-state index is 0.254. The summed E-state index contributed by atoms with van der Waals surface area (Å²) in [6.45, 7) is 0. The van der Waals surface area contributed by atoms with Crippen LogP contribution in [0.15, 0.2) is 30.5 Å². The summed E-state index contributed by atoms with van der Waals surface area (Å²) >= 11 is 5.92. The van der Waals surface area contributed by atoms with Gasteiger partial charge in [0.15, 0.2) is 5.15 Å². The third-order valence-electron chi connectivity index (χ3n) is 2.04. The van der Waals surface area contributed by atoms with Crippen LogP contribution in [0.3, 0.4) is 0 Å². The Morgan fingerprint density at radius 2 is 1.94 bits per heavy atom. The minimum atomic E-state index is 0.254. The number of nitrogen functional groups attached to an aromatic ring is 1. The lowest BCUT2D eigenvalue weighted by Gasteiger charge is -2.03. The molecule has 0 amide bonds. The van der Waals surface area contributed by atoms with Gasteiger partial charge < -0.3 is 5.73 Å². The number of aromatic nitrogens is 2. The van der Waals surface area contributed by atoms with E-state index in [1.54, 1.807) is 24.3 Å². The minimum Gasteiger partial charge on any atom is -0.382 e. The van der Waals surface area contributed by atoms with Gasteiger partial charge in [-0.3, -0.25) is 0 Å². The number of nitrogens with zero attached hydrogens (tertiary/aromatic N) is 3. The zero-order chi connectivity index (χ0) is 11.5. The maximum atomic E-state index is 8.67. The largest absolute Gasteiger partial charge is 0.382 e. The van der Waals surface area contributed by atoms with Crippen LogP contribution in [0, 0.1) is 11.3 Å². The first kappa shape index (κ1) is 10.4. The van der Waals surface area contributed by atoms with Crippen molar-refractivity contribution in [3.63, 3.8) is 0 Å². The fourth-order valence-corrected chi connectivity index (χ4v) is 1.53. The smallest absolute Gasteiger partial charge is 0.157 e. The highest BCUT2D eigenvalue weighted by Crippen LogP contribution is 2.24. The molecule has 0 aliphatic rings. The third kappa shape index (κ3) is 1.95. The van der Waals surface area contributed by atoms with Gasteiger partial charge in [-0.1, -0.05) is 23.7 Å². The van der Waals surface area contributed by atoms with Gasteiger partial charge in [0.2, 0.25) is 0 Å². The molecule has 0 fully saturated rings. The molecule has 2 aromatic rings. The fraction of sp³-hybridized carbons (Fsp3) is 0. The first-order valence-corrected chi connectivity index (χ1v) is 4.87. The molecule has 0 radical (unpaired) electrons. The normalized spacial score (nSPS) is 9.75. The van der Waals surface area contributed by atoms with Crippen LogP contribution in [0.4, 0.5) is 5.82 Å². The Balaban J connectivity index is 2.47. The van der Waals surface area contributed by atoms with Gasteiger partial charge in [0.1, 0.15) is 11.5 Å². The number of nitrogens with two attached hydrogens (primary N) is 1. The van der Waals surface area contributed by atoms with E-state index in [0.29, 0.717) is 11.3 Å². The lowest BCUT2D eigenvalue weighted by Crippen LogP contribution is -1.94. The van der Waals surface area contributed by atoms with Crippen LogP contribution < -0.4 is 5.73 Å². The molecule has 0 aliphatic heterocycles. The maximum Gasteiger partial charge on any atom is 0.157 e. The van der Waals surface area contributed by atoms with Gasteiger partial charge in [-0.2, -0.15) is 5.26 Å². The molecule has 1 heterocycles. The zero-order valence-electron chi connectivity index (χ0n) is 8.18. The predicted molar refractivity (Wildman–Crippen MR) is 61.6 cm³/mol. The summed E-state index contributed by atoms with van der Waals surface area (Å²) in [7, 11) is 0. The predicted octanol–water partition coefficient (Wildman–Crippen LogP) is 2.25. The van der Waals surface area contributed by atoms with E-state index in [-0.39, 0.29) is 11.0 Å². The second kappa shape index (κ2) is 4.17. The molecular weight excluding hydrogens is 224 g/mol. The average Bonchev–Trinajstić information content (AvgIpc) is 2.29. The lowest BCUT2D eigenvalue weighted by atomic mass is 10.1. The summed E-state index contributed by atoms with van der Waals surface area (Å²) in [6, 6.07) is 8.97. The van der Waals surface area contributed by atoms with E-state index >= 15 is 0 Å². The molecule has 78 valence electrons. The Labute approximate surface area is 97.3 Å². The van der Waals surface area contributed by atoms with Crippen LogP contribution in [0.2, 0.25) is 5.15 Å². The molecule has 0 unspecified atom stereocenters. The number of benzene rings is 1. The summed E-state index contributed by atoms with van der Waals surface area (Å²) in [5.41, 5.74) is 7.39. The van der Waals surface area contributed by atoms with E-state index in [1.807, 2.05) is 6.07 Å². The third-order valence-corrected chi connectivity index (χ3v) is 2.30. The molecule has 1 aromatic heterocycles. The van der Waals surface area contributed by atoms with Crippen LogP contribution in [0.5, 0.6) is 0 Å². The quantitative estimate of drug-likeness (QED) is 0.815. The van der Waals surface area contributed by atoms with E-state index in [2.05, 4.69) is 9.97 Å². The number of nitriles is 1. The highest BCUT2D eigenvalue weighted by molar-refractivity contribution is 6.31. The summed E-state index contributed by atoms with van der Waals surface area (Å²) in [5.74, 6) is 0.280. The molecule has 0 bridgehead atoms. The molecule has 0 aliphatic carbocycles. The van der Waals surface area contributed by atoms with Gasteiger partial charge in [0.05, 0.1) is 17.8 Å². The summed E-state index contributed by atoms with van der Waals surface area (Å²) < 4.78 is 0. The first-order chi connectivity index (χ1) is 7.70. The van der Waals surface area contributed by atoms with Crippen LogP contribution in [0.1, 0.15) is 5.56 Å². The van der Waals surface area contributed by atoms with E-state index in [0.717, 1.165) is 5.56 Å². The molecule has 5 heteroatoms. The molecule has 0 saturated carbocycles. The molecule has 0 spiro atoms. The number of rotatable bonds is 1. The number of hydrogen-bond donors (Lipinski definition) is 1. The van der Waals surface area contributed by atoms with Gasteiger partial charge in [-0.05, 0) is 12.1 Å². The van der Waals surface area contributed by atoms with Crippen molar-refractivity contribution >= 4 is 17.4 Å².